The van der Waals surface area contributed by atoms with Crippen LogP contribution in [0.1, 0.15) is 15.2 Å². The molecular formula is C11H9FO2S. The second-order valence-corrected chi connectivity index (χ2v) is 4.24. The van der Waals surface area contributed by atoms with E-state index in [1.807, 2.05) is 0 Å². The minimum atomic E-state index is -0.367. The van der Waals surface area contributed by atoms with Crippen LogP contribution in [-0.4, -0.2) is 13.1 Å². The number of thiophene rings is 1. The van der Waals surface area contributed by atoms with Gasteiger partial charge >= 0.3 is 5.97 Å². The fourth-order valence-corrected chi connectivity index (χ4v) is 2.59. The average Bonchev–Trinajstić information content (AvgIpc) is 2.55. The summed E-state index contributed by atoms with van der Waals surface area (Å²) in [6.45, 7) is 1.80. The van der Waals surface area contributed by atoms with Crippen LogP contribution in [0.4, 0.5) is 4.39 Å². The van der Waals surface area contributed by atoms with E-state index >= 15 is 0 Å². The number of fused-ring (bicyclic) bond motifs is 1. The lowest BCUT2D eigenvalue weighted by Gasteiger charge is -1.95. The Labute approximate surface area is 90.3 Å². The fraction of sp³-hybridized carbons (Fsp3) is 0.182. The molecule has 0 spiro atoms. The molecule has 0 radical (unpaired) electrons. The minimum absolute atomic E-state index is 0.292. The Morgan fingerprint density at radius 3 is 2.87 bits per heavy atom. The number of ether oxygens (including phenoxy) is 1. The summed E-state index contributed by atoms with van der Waals surface area (Å²) >= 11 is 1.32. The molecule has 1 heterocycles. The van der Waals surface area contributed by atoms with Crippen LogP contribution in [-0.2, 0) is 4.74 Å². The van der Waals surface area contributed by atoms with Crippen molar-refractivity contribution < 1.29 is 13.9 Å². The topological polar surface area (TPSA) is 26.3 Å². The van der Waals surface area contributed by atoms with Crippen LogP contribution < -0.4 is 0 Å². The van der Waals surface area contributed by atoms with Crippen molar-refractivity contribution in [3.8, 4) is 0 Å². The van der Waals surface area contributed by atoms with E-state index in [-0.39, 0.29) is 11.8 Å². The van der Waals surface area contributed by atoms with Gasteiger partial charge in [0.2, 0.25) is 0 Å². The highest BCUT2D eigenvalue weighted by molar-refractivity contribution is 7.21. The SMILES string of the molecule is COC(=O)c1sc2ccc(F)cc2c1C. The molecule has 0 amide bonds. The van der Waals surface area contributed by atoms with E-state index in [0.717, 1.165) is 15.6 Å². The molecule has 4 heteroatoms. The molecule has 0 atom stereocenters. The first kappa shape index (κ1) is 10.1. The normalized spacial score (nSPS) is 10.6. The van der Waals surface area contributed by atoms with Crippen molar-refractivity contribution in [2.24, 2.45) is 0 Å². The predicted octanol–water partition coefficient (Wildman–Crippen LogP) is 3.14. The highest BCUT2D eigenvalue weighted by Crippen LogP contribution is 2.31. The lowest BCUT2D eigenvalue weighted by molar-refractivity contribution is 0.0605. The summed E-state index contributed by atoms with van der Waals surface area (Å²) in [6.07, 6.45) is 0. The van der Waals surface area contributed by atoms with E-state index < -0.39 is 0 Å². The molecule has 0 aliphatic heterocycles. The molecule has 0 aliphatic rings. The van der Waals surface area contributed by atoms with Gasteiger partial charge in [0.1, 0.15) is 10.7 Å². The summed E-state index contributed by atoms with van der Waals surface area (Å²) in [5.74, 6) is -0.658. The number of carbonyl (C=O) groups is 1. The maximum atomic E-state index is 13.0. The maximum absolute atomic E-state index is 13.0. The van der Waals surface area contributed by atoms with Gasteiger partial charge in [-0.25, -0.2) is 9.18 Å². The number of hydrogen-bond donors (Lipinski definition) is 0. The Bertz CT molecular complexity index is 531. The van der Waals surface area contributed by atoms with Crippen molar-refractivity contribution in [3.63, 3.8) is 0 Å². The predicted molar refractivity (Wildman–Crippen MR) is 57.9 cm³/mol. The van der Waals surface area contributed by atoms with Gasteiger partial charge in [-0.15, -0.1) is 11.3 Å². The molecule has 78 valence electrons. The molecule has 15 heavy (non-hydrogen) atoms. The number of rotatable bonds is 1. The van der Waals surface area contributed by atoms with E-state index in [2.05, 4.69) is 4.74 Å². The van der Waals surface area contributed by atoms with Crippen LogP contribution in [0.15, 0.2) is 18.2 Å². The molecule has 0 fully saturated rings. The van der Waals surface area contributed by atoms with E-state index in [9.17, 15) is 9.18 Å². The molecule has 1 aromatic carbocycles. The molecule has 0 bridgehead atoms. The van der Waals surface area contributed by atoms with Gasteiger partial charge in [-0.3, -0.25) is 0 Å². The van der Waals surface area contributed by atoms with Gasteiger partial charge in [-0.1, -0.05) is 0 Å². The van der Waals surface area contributed by atoms with Crippen LogP contribution >= 0.6 is 11.3 Å². The molecule has 0 N–H and O–H groups in total. The monoisotopic (exact) mass is 224 g/mol. The van der Waals surface area contributed by atoms with Crippen molar-refractivity contribution >= 4 is 27.4 Å². The van der Waals surface area contributed by atoms with Crippen LogP contribution in [0.2, 0.25) is 0 Å². The third-order valence-electron chi connectivity index (χ3n) is 2.27. The van der Waals surface area contributed by atoms with Gasteiger partial charge < -0.3 is 4.74 Å². The van der Waals surface area contributed by atoms with Crippen LogP contribution in [0.3, 0.4) is 0 Å². The van der Waals surface area contributed by atoms with Crippen LogP contribution in [0, 0.1) is 12.7 Å². The molecule has 2 aromatic rings. The molecular weight excluding hydrogens is 215 g/mol. The Morgan fingerprint density at radius 1 is 1.47 bits per heavy atom. The summed E-state index contributed by atoms with van der Waals surface area (Å²) in [6, 6.07) is 4.50. The highest BCUT2D eigenvalue weighted by atomic mass is 32.1. The van der Waals surface area contributed by atoms with E-state index in [1.165, 1.54) is 30.6 Å². The number of methoxy groups -OCH3 is 1. The molecule has 0 saturated carbocycles. The van der Waals surface area contributed by atoms with Gasteiger partial charge in [0, 0.05) is 4.70 Å². The third-order valence-corrected chi connectivity index (χ3v) is 3.52. The number of aryl methyl sites for hydroxylation is 1. The fourth-order valence-electron chi connectivity index (χ4n) is 1.48. The highest BCUT2D eigenvalue weighted by Gasteiger charge is 2.15. The number of carbonyl (C=O) groups excluding carboxylic acids is 1. The zero-order valence-corrected chi connectivity index (χ0v) is 9.15. The van der Waals surface area contributed by atoms with E-state index in [4.69, 9.17) is 0 Å². The first-order valence-corrected chi connectivity index (χ1v) is 5.22. The molecule has 2 rings (SSSR count). The summed E-state index contributed by atoms with van der Waals surface area (Å²) in [5, 5.41) is 0.778. The Morgan fingerprint density at radius 2 is 2.20 bits per heavy atom. The van der Waals surface area contributed by atoms with Crippen LogP contribution in [0.25, 0.3) is 10.1 Å². The van der Waals surface area contributed by atoms with E-state index in [1.54, 1.807) is 13.0 Å². The Kier molecular flexibility index (Phi) is 2.44. The second kappa shape index (κ2) is 3.62. The van der Waals surface area contributed by atoms with E-state index in [0.29, 0.717) is 4.88 Å². The van der Waals surface area contributed by atoms with Crippen molar-refractivity contribution in [1.29, 1.82) is 0 Å². The maximum Gasteiger partial charge on any atom is 0.348 e. The number of halogens is 1. The summed E-state index contributed by atoms with van der Waals surface area (Å²) in [5.41, 5.74) is 0.779. The summed E-state index contributed by atoms with van der Waals surface area (Å²) in [4.78, 5) is 11.9. The number of esters is 1. The number of hydrogen-bond acceptors (Lipinski definition) is 3. The van der Waals surface area contributed by atoms with Crippen LogP contribution in [0.5, 0.6) is 0 Å². The molecule has 0 unspecified atom stereocenters. The molecule has 0 aliphatic carbocycles. The van der Waals surface area contributed by atoms with Gasteiger partial charge in [-0.05, 0) is 36.1 Å². The zero-order valence-electron chi connectivity index (χ0n) is 8.33. The van der Waals surface area contributed by atoms with Crippen molar-refractivity contribution in [3.05, 3.63) is 34.5 Å². The minimum Gasteiger partial charge on any atom is -0.465 e. The van der Waals surface area contributed by atoms with Crippen molar-refractivity contribution in [2.45, 2.75) is 6.92 Å². The van der Waals surface area contributed by atoms with Gasteiger partial charge in [0.25, 0.3) is 0 Å². The Balaban J connectivity index is 2.69. The standard InChI is InChI=1S/C11H9FO2S/c1-6-8-5-7(12)3-4-9(8)15-10(6)11(13)14-2/h3-5H,1-2H3. The quantitative estimate of drug-likeness (QED) is 0.695. The third kappa shape index (κ3) is 1.61. The largest absolute Gasteiger partial charge is 0.465 e. The first-order chi connectivity index (χ1) is 7.13. The summed E-state index contributed by atoms with van der Waals surface area (Å²) in [7, 11) is 1.34. The van der Waals surface area contributed by atoms with Gasteiger partial charge in [0.05, 0.1) is 7.11 Å². The zero-order chi connectivity index (χ0) is 11.0. The van der Waals surface area contributed by atoms with Crippen molar-refractivity contribution in [1.82, 2.24) is 0 Å². The molecule has 1 aromatic heterocycles. The molecule has 0 saturated heterocycles. The van der Waals surface area contributed by atoms with Gasteiger partial charge in [-0.2, -0.15) is 0 Å². The van der Waals surface area contributed by atoms with Crippen molar-refractivity contribution in [2.75, 3.05) is 7.11 Å². The van der Waals surface area contributed by atoms with Gasteiger partial charge in [0.15, 0.2) is 0 Å². The number of benzene rings is 1. The average molecular weight is 224 g/mol. The lowest BCUT2D eigenvalue weighted by atomic mass is 10.1. The Hall–Kier alpha value is -1.42. The smallest absolute Gasteiger partial charge is 0.348 e. The first-order valence-electron chi connectivity index (χ1n) is 4.40. The second-order valence-electron chi connectivity index (χ2n) is 3.19. The lowest BCUT2D eigenvalue weighted by Crippen LogP contribution is -1.99. The molecule has 2 nitrogen and oxygen atoms in total. The summed E-state index contributed by atoms with van der Waals surface area (Å²) < 4.78 is 18.5.